The van der Waals surface area contributed by atoms with Crippen LogP contribution in [0.2, 0.25) is 0 Å². The largest absolute Gasteiger partial charge is 0.467 e. The Labute approximate surface area is 202 Å². The Hall–Kier alpha value is -3.55. The molecule has 3 rings (SSSR count). The van der Waals surface area contributed by atoms with Crippen LogP contribution in [-0.2, 0) is 32.0 Å². The van der Waals surface area contributed by atoms with Crippen LogP contribution in [0.4, 0.5) is 0 Å². The molecule has 3 aromatic rings. The molecule has 1 heterocycles. The van der Waals surface area contributed by atoms with Crippen molar-refractivity contribution in [1.29, 1.82) is 0 Å². The third-order valence-electron chi connectivity index (χ3n) is 5.37. The lowest BCUT2D eigenvalue weighted by atomic mass is 10.1. The molecule has 9 nitrogen and oxygen atoms in total. The van der Waals surface area contributed by atoms with Gasteiger partial charge in [0.25, 0.3) is 11.5 Å². The van der Waals surface area contributed by atoms with E-state index in [0.717, 1.165) is 0 Å². The Kier molecular flexibility index (Phi) is 8.04. The van der Waals surface area contributed by atoms with Crippen LogP contribution in [0.25, 0.3) is 0 Å². The fourth-order valence-corrected chi connectivity index (χ4v) is 4.59. The van der Waals surface area contributed by atoms with Crippen molar-refractivity contribution in [3.05, 3.63) is 104 Å². The standard InChI is InChI=1S/C25H27N2O7P/c1-17-14-26(25(31)27(21(17)28)22(29)18-10-6-5-7-11-18)15-19-12-8-9-13-20(19)16-34-24(23(30)33-2)35(3,4)32/h5-14,24H,15-16H2,1-4H3. The molecule has 35 heavy (non-hydrogen) atoms. The van der Waals surface area contributed by atoms with E-state index in [9.17, 15) is 23.7 Å². The van der Waals surface area contributed by atoms with Crippen molar-refractivity contribution in [2.45, 2.75) is 25.9 Å². The van der Waals surface area contributed by atoms with Gasteiger partial charge in [0.05, 0.1) is 20.3 Å². The summed E-state index contributed by atoms with van der Waals surface area (Å²) in [4.78, 5) is 50.8. The maximum Gasteiger partial charge on any atom is 0.342 e. The molecule has 0 aliphatic carbocycles. The number of methoxy groups -OCH3 is 1. The summed E-state index contributed by atoms with van der Waals surface area (Å²) in [5.41, 5.74) is 0.299. The molecular weight excluding hydrogens is 471 g/mol. The number of carbonyl (C=O) groups is 2. The van der Waals surface area contributed by atoms with Crippen LogP contribution in [0.3, 0.4) is 0 Å². The third-order valence-corrected chi connectivity index (χ3v) is 6.86. The van der Waals surface area contributed by atoms with Crippen LogP contribution in [0.1, 0.15) is 27.0 Å². The van der Waals surface area contributed by atoms with Gasteiger partial charge in [0, 0.05) is 17.3 Å². The van der Waals surface area contributed by atoms with Crippen LogP contribution >= 0.6 is 7.14 Å². The first-order valence-corrected chi connectivity index (χ1v) is 13.5. The first-order chi connectivity index (χ1) is 16.5. The van der Waals surface area contributed by atoms with Crippen molar-refractivity contribution in [3.8, 4) is 0 Å². The Morgan fingerprint density at radius 1 is 0.971 bits per heavy atom. The minimum Gasteiger partial charge on any atom is -0.467 e. The van der Waals surface area contributed by atoms with E-state index in [0.29, 0.717) is 15.7 Å². The smallest absolute Gasteiger partial charge is 0.342 e. The number of aryl methyl sites for hydroxylation is 1. The molecule has 184 valence electrons. The average molecular weight is 498 g/mol. The highest BCUT2D eigenvalue weighted by Crippen LogP contribution is 2.44. The number of nitrogens with zero attached hydrogens (tertiary/aromatic N) is 2. The molecule has 0 aliphatic heterocycles. The topological polar surface area (TPSA) is 114 Å². The first kappa shape index (κ1) is 26.1. The van der Waals surface area contributed by atoms with Crippen LogP contribution in [0.15, 0.2) is 70.4 Å². The second-order valence-electron chi connectivity index (χ2n) is 8.42. The highest BCUT2D eigenvalue weighted by molar-refractivity contribution is 7.63. The van der Waals surface area contributed by atoms with Gasteiger partial charge < -0.3 is 14.0 Å². The van der Waals surface area contributed by atoms with Crippen molar-refractivity contribution in [2.75, 3.05) is 20.4 Å². The second kappa shape index (κ2) is 10.8. The van der Waals surface area contributed by atoms with Gasteiger partial charge in [-0.3, -0.25) is 14.2 Å². The van der Waals surface area contributed by atoms with E-state index in [2.05, 4.69) is 0 Å². The zero-order valence-corrected chi connectivity index (χ0v) is 20.9. The summed E-state index contributed by atoms with van der Waals surface area (Å²) < 4.78 is 24.8. The second-order valence-corrected chi connectivity index (χ2v) is 11.8. The SMILES string of the molecule is COC(=O)C(OCc1ccccc1Cn1cc(C)c(=O)n(C(=O)c2ccccc2)c1=O)P(C)(C)=O. The van der Waals surface area contributed by atoms with Crippen LogP contribution in [-0.4, -0.2) is 47.3 Å². The van der Waals surface area contributed by atoms with Crippen molar-refractivity contribution in [2.24, 2.45) is 0 Å². The zero-order chi connectivity index (χ0) is 25.8. The molecule has 0 fully saturated rings. The van der Waals surface area contributed by atoms with E-state index in [1.165, 1.54) is 50.3 Å². The number of benzene rings is 2. The molecule has 10 heteroatoms. The number of rotatable bonds is 8. The molecule has 2 aromatic carbocycles. The lowest BCUT2D eigenvalue weighted by molar-refractivity contribution is -0.149. The monoisotopic (exact) mass is 498 g/mol. The Balaban J connectivity index is 1.96. The van der Waals surface area contributed by atoms with Crippen molar-refractivity contribution in [1.82, 2.24) is 9.13 Å². The lowest BCUT2D eigenvalue weighted by Crippen LogP contribution is -2.44. The third kappa shape index (κ3) is 5.93. The van der Waals surface area contributed by atoms with E-state index >= 15 is 0 Å². The molecule has 1 atom stereocenters. The van der Waals surface area contributed by atoms with E-state index < -0.39 is 36.1 Å². The summed E-state index contributed by atoms with van der Waals surface area (Å²) in [6, 6.07) is 15.1. The first-order valence-electron chi connectivity index (χ1n) is 10.8. The molecule has 0 bridgehead atoms. The van der Waals surface area contributed by atoms with E-state index in [4.69, 9.17) is 9.47 Å². The minimum atomic E-state index is -2.96. The molecule has 0 saturated carbocycles. The summed E-state index contributed by atoms with van der Waals surface area (Å²) >= 11 is 0. The predicted molar refractivity (Wildman–Crippen MR) is 131 cm³/mol. The molecule has 1 aromatic heterocycles. The molecule has 1 unspecified atom stereocenters. The fraction of sp³-hybridized carbons (Fsp3) is 0.280. The summed E-state index contributed by atoms with van der Waals surface area (Å²) in [7, 11) is -1.76. The number of hydrogen-bond acceptors (Lipinski definition) is 7. The van der Waals surface area contributed by atoms with Gasteiger partial charge in [0.1, 0.15) is 7.14 Å². The quantitative estimate of drug-likeness (QED) is 0.347. The van der Waals surface area contributed by atoms with Crippen molar-refractivity contribution >= 4 is 19.0 Å². The van der Waals surface area contributed by atoms with Crippen LogP contribution < -0.4 is 11.2 Å². The predicted octanol–water partition coefficient (Wildman–Crippen LogP) is 2.69. The molecule has 0 amide bonds. The number of carbonyl (C=O) groups excluding carboxylic acids is 2. The summed E-state index contributed by atoms with van der Waals surface area (Å²) in [6.07, 6.45) is 1.40. The van der Waals surface area contributed by atoms with Crippen LogP contribution in [0.5, 0.6) is 0 Å². The van der Waals surface area contributed by atoms with Gasteiger partial charge in [-0.1, -0.05) is 42.5 Å². The minimum absolute atomic E-state index is 0.0420. The van der Waals surface area contributed by atoms with Crippen molar-refractivity contribution < 1.29 is 23.6 Å². The summed E-state index contributed by atoms with van der Waals surface area (Å²) in [5, 5.41) is 0. The number of hydrogen-bond donors (Lipinski definition) is 0. The van der Waals surface area contributed by atoms with E-state index in [-0.39, 0.29) is 24.3 Å². The van der Waals surface area contributed by atoms with Gasteiger partial charge in [0.15, 0.2) is 0 Å². The maximum absolute atomic E-state index is 13.2. The molecule has 0 N–H and O–H groups in total. The zero-order valence-electron chi connectivity index (χ0n) is 20.0. The Morgan fingerprint density at radius 2 is 1.57 bits per heavy atom. The molecule has 0 aliphatic rings. The van der Waals surface area contributed by atoms with E-state index in [1.807, 2.05) is 0 Å². The normalized spacial score (nSPS) is 12.2. The van der Waals surface area contributed by atoms with Crippen molar-refractivity contribution in [3.63, 3.8) is 0 Å². The number of ether oxygens (including phenoxy) is 2. The molecular formula is C25H27N2O7P. The van der Waals surface area contributed by atoms with Gasteiger partial charge in [-0.05, 0) is 43.5 Å². The highest BCUT2D eigenvalue weighted by Gasteiger charge is 2.32. The molecule has 0 radical (unpaired) electrons. The Bertz CT molecular complexity index is 1400. The van der Waals surface area contributed by atoms with Crippen LogP contribution in [0, 0.1) is 6.92 Å². The fourth-order valence-electron chi connectivity index (χ4n) is 3.55. The number of aromatic nitrogens is 2. The molecule has 0 saturated heterocycles. The van der Waals surface area contributed by atoms with Gasteiger partial charge >= 0.3 is 11.7 Å². The average Bonchev–Trinajstić information content (AvgIpc) is 2.83. The van der Waals surface area contributed by atoms with E-state index in [1.54, 1.807) is 42.5 Å². The molecule has 0 spiro atoms. The van der Waals surface area contributed by atoms with Gasteiger partial charge in [0.2, 0.25) is 5.85 Å². The maximum atomic E-state index is 13.2. The number of esters is 1. The van der Waals surface area contributed by atoms with Gasteiger partial charge in [-0.15, -0.1) is 0 Å². The van der Waals surface area contributed by atoms with Gasteiger partial charge in [-0.2, -0.15) is 4.57 Å². The van der Waals surface area contributed by atoms with Gasteiger partial charge in [-0.25, -0.2) is 9.59 Å². The lowest BCUT2D eigenvalue weighted by Gasteiger charge is -2.20. The Morgan fingerprint density at radius 3 is 2.17 bits per heavy atom. The highest BCUT2D eigenvalue weighted by atomic mass is 31.2. The summed E-state index contributed by atoms with van der Waals surface area (Å²) in [5.74, 6) is -2.66. The summed E-state index contributed by atoms with van der Waals surface area (Å²) in [6.45, 7) is 4.40.